The Kier molecular flexibility index (Phi) is 20.5. The molecule has 3 heteroatoms. The number of rotatable bonds is 0. The maximum absolute atomic E-state index is 4.78. The van der Waals surface area contributed by atoms with Gasteiger partial charge in [0, 0.05) is 51.9 Å². The van der Waals surface area contributed by atoms with Crippen LogP contribution in [-0.4, -0.2) is 15.0 Å². The molecule has 0 saturated heterocycles. The summed E-state index contributed by atoms with van der Waals surface area (Å²) in [6.07, 6.45) is 6.22. The zero-order valence-electron chi connectivity index (χ0n) is 54.5. The van der Waals surface area contributed by atoms with Gasteiger partial charge in [0.05, 0.1) is 0 Å². The molecule has 3 aromatic heterocycles. The van der Waals surface area contributed by atoms with Gasteiger partial charge < -0.3 is 0 Å². The number of nitrogens with zero attached hydrogens (tertiary/aromatic N) is 3. The lowest BCUT2D eigenvalue weighted by atomic mass is 9.73. The van der Waals surface area contributed by atoms with Gasteiger partial charge in [-0.15, -0.1) is 0 Å². The van der Waals surface area contributed by atoms with Crippen LogP contribution in [0.25, 0.3) is 0 Å². The van der Waals surface area contributed by atoms with Gasteiger partial charge in [-0.3, -0.25) is 15.0 Å². The Balaban J connectivity index is 0.000000480. The summed E-state index contributed by atoms with van der Waals surface area (Å²) in [6, 6.07) is 14.0. The maximum atomic E-state index is 4.78. The minimum atomic E-state index is 0.0963. The predicted octanol–water partition coefficient (Wildman–Crippen LogP) is 20.5. The van der Waals surface area contributed by atoms with E-state index in [4.69, 9.17) is 15.0 Å². The Morgan fingerprint density at radius 3 is 0.736 bits per heavy atom. The largest absolute Gasteiger partial charge is 0.260 e. The molecule has 0 amide bonds. The minimum Gasteiger partial charge on any atom is -0.260 e. The quantitative estimate of drug-likeness (QED) is 0.176. The van der Waals surface area contributed by atoms with Gasteiger partial charge in [-0.1, -0.05) is 274 Å². The Bertz CT molecular complexity index is 2030. The molecule has 72 heavy (non-hydrogen) atoms. The summed E-state index contributed by atoms with van der Waals surface area (Å²) in [5.41, 5.74) is 18.1. The lowest BCUT2D eigenvalue weighted by molar-refractivity contribution is 0.505. The smallest absolute Gasteiger partial charge is 0.0494 e. The lowest BCUT2D eigenvalue weighted by Crippen LogP contribution is -2.25. The van der Waals surface area contributed by atoms with Crippen LogP contribution in [0.1, 0.15) is 316 Å². The van der Waals surface area contributed by atoms with E-state index < -0.39 is 0 Å². The third-order valence-corrected chi connectivity index (χ3v) is 13.4. The van der Waals surface area contributed by atoms with Crippen LogP contribution in [0.5, 0.6) is 0 Å². The van der Waals surface area contributed by atoms with Crippen molar-refractivity contribution in [2.45, 2.75) is 314 Å². The first kappa shape index (κ1) is 66.7. The molecule has 408 valence electrons. The van der Waals surface area contributed by atoms with Crippen LogP contribution in [0.4, 0.5) is 0 Å². The van der Waals surface area contributed by atoms with Crippen LogP contribution in [0.2, 0.25) is 0 Å². The van der Waals surface area contributed by atoms with E-state index in [-0.39, 0.29) is 65.0 Å². The van der Waals surface area contributed by atoms with Crippen molar-refractivity contribution in [3.8, 4) is 0 Å². The molecule has 4 rings (SSSR count). The second-order valence-electron chi connectivity index (χ2n) is 33.6. The number of aromatic nitrogens is 3. The second-order valence-corrected chi connectivity index (χ2v) is 33.6. The molecule has 4 aromatic rings. The van der Waals surface area contributed by atoms with Gasteiger partial charge >= 0.3 is 0 Å². The fraction of sp³-hybridized carbons (Fsp3) is 0.696. The molecule has 0 saturated carbocycles. The monoisotopic (exact) mass is 988 g/mol. The molecule has 0 aliphatic rings. The van der Waals surface area contributed by atoms with Crippen LogP contribution in [0.3, 0.4) is 0 Å². The van der Waals surface area contributed by atoms with Crippen molar-refractivity contribution in [2.75, 3.05) is 0 Å². The molecule has 3 heterocycles. The maximum Gasteiger partial charge on any atom is 0.0494 e. The van der Waals surface area contributed by atoms with Crippen molar-refractivity contribution in [3.05, 3.63) is 122 Å². The molecular formula is C69H117N3. The van der Waals surface area contributed by atoms with E-state index in [1.54, 1.807) is 0 Å². The van der Waals surface area contributed by atoms with E-state index in [0.717, 1.165) is 0 Å². The van der Waals surface area contributed by atoms with E-state index in [0.29, 0.717) is 0 Å². The van der Waals surface area contributed by atoms with Gasteiger partial charge in [0.25, 0.3) is 0 Å². The van der Waals surface area contributed by atoms with Crippen molar-refractivity contribution in [1.29, 1.82) is 0 Å². The highest BCUT2D eigenvalue weighted by molar-refractivity contribution is 5.43. The van der Waals surface area contributed by atoms with E-state index >= 15 is 0 Å². The van der Waals surface area contributed by atoms with Crippen molar-refractivity contribution >= 4 is 0 Å². The average molecular weight is 989 g/mol. The van der Waals surface area contributed by atoms with Crippen LogP contribution in [0, 0.1) is 0 Å². The highest BCUT2D eigenvalue weighted by Gasteiger charge is 2.32. The van der Waals surface area contributed by atoms with E-state index in [2.05, 4.69) is 304 Å². The van der Waals surface area contributed by atoms with Crippen molar-refractivity contribution in [3.63, 3.8) is 0 Å². The Labute approximate surface area is 449 Å². The lowest BCUT2D eigenvalue weighted by Gasteiger charge is -2.32. The first-order chi connectivity index (χ1) is 31.3. The predicted molar refractivity (Wildman–Crippen MR) is 324 cm³/mol. The summed E-state index contributed by atoms with van der Waals surface area (Å²) in [5.74, 6) is 0. The summed E-state index contributed by atoms with van der Waals surface area (Å²) < 4.78 is 0. The number of pyridine rings is 3. The summed E-state index contributed by atoms with van der Waals surface area (Å²) >= 11 is 0. The fourth-order valence-corrected chi connectivity index (χ4v) is 8.50. The SMILES string of the molecule is CC(C)(C)c1cc(C(C)(C)C)c(C(C)(C)C)cn1.CC(C)(C)c1cc(C(C)(C)C)c(C(C)(C)C)cn1.CC(C)(C)c1ccc(C(C)(C)C)c(C(C)(C)C)c1.CC(C)(C)c1cnc(C(C)(C)C)c(C(C)(C)C)c1. The average Bonchev–Trinajstić information content (AvgIpc) is 3.13. The summed E-state index contributed by atoms with van der Waals surface area (Å²) in [6.45, 7) is 81.5. The Morgan fingerprint density at radius 2 is 0.486 bits per heavy atom. The van der Waals surface area contributed by atoms with E-state index in [1.807, 2.05) is 0 Å². The molecule has 0 N–H and O–H groups in total. The standard InChI is InChI=1S/C18H30.3C17H29N/c1-16(2,3)13-10-11-14(17(4,5)6)15(12-13)18(7,8)9;2*1-15(2,3)12-10-14(17(7,8)9)18-11-13(12)16(4,5)6;1-15(2,3)12-10-13(16(4,5)6)14(18-11-12)17(7,8)9/h10-12H,1-9H3;3*10-11H,1-9H3. The zero-order valence-corrected chi connectivity index (χ0v) is 54.5. The second kappa shape index (κ2) is 22.1. The molecule has 0 unspecified atom stereocenters. The number of hydrogen-bond donors (Lipinski definition) is 0. The van der Waals surface area contributed by atoms with E-state index in [1.165, 1.54) is 67.2 Å². The normalized spacial score (nSPS) is 13.8. The molecule has 0 atom stereocenters. The summed E-state index contributed by atoms with van der Waals surface area (Å²) in [7, 11) is 0. The molecule has 0 fully saturated rings. The molecule has 1 aromatic carbocycles. The number of hydrogen-bond acceptors (Lipinski definition) is 3. The van der Waals surface area contributed by atoms with Crippen LogP contribution >= 0.6 is 0 Å². The zero-order chi connectivity index (χ0) is 57.4. The van der Waals surface area contributed by atoms with Gasteiger partial charge in [0.15, 0.2) is 0 Å². The molecule has 3 nitrogen and oxygen atoms in total. The van der Waals surface area contributed by atoms with Gasteiger partial charge in [0.2, 0.25) is 0 Å². The van der Waals surface area contributed by atoms with Crippen molar-refractivity contribution < 1.29 is 0 Å². The van der Waals surface area contributed by atoms with Gasteiger partial charge in [-0.25, -0.2) is 0 Å². The first-order valence-corrected chi connectivity index (χ1v) is 27.5. The van der Waals surface area contributed by atoms with Crippen molar-refractivity contribution in [2.24, 2.45) is 0 Å². The molecule has 0 spiro atoms. The topological polar surface area (TPSA) is 38.7 Å². The van der Waals surface area contributed by atoms with Gasteiger partial charge in [-0.05, 0) is 111 Å². The van der Waals surface area contributed by atoms with E-state index in [9.17, 15) is 0 Å². The molecule has 0 aliphatic heterocycles. The Morgan fingerprint density at radius 1 is 0.208 bits per heavy atom. The van der Waals surface area contributed by atoms with Crippen LogP contribution in [0.15, 0.2) is 55.0 Å². The molecular weight excluding hydrogens is 871 g/mol. The fourth-order valence-electron chi connectivity index (χ4n) is 8.50. The molecule has 0 radical (unpaired) electrons. The van der Waals surface area contributed by atoms with Crippen LogP contribution in [-0.2, 0) is 65.0 Å². The minimum absolute atomic E-state index is 0.0963. The Hall–Kier alpha value is -3.33. The first-order valence-electron chi connectivity index (χ1n) is 27.5. The molecule has 0 aliphatic carbocycles. The van der Waals surface area contributed by atoms with Gasteiger partial charge in [-0.2, -0.15) is 0 Å². The van der Waals surface area contributed by atoms with Crippen LogP contribution < -0.4 is 0 Å². The number of benzene rings is 1. The summed E-state index contributed by atoms with van der Waals surface area (Å²) in [4.78, 5) is 14.2. The van der Waals surface area contributed by atoms with Gasteiger partial charge in [0.1, 0.15) is 0 Å². The highest BCUT2D eigenvalue weighted by Crippen LogP contribution is 2.40. The molecule has 0 bridgehead atoms. The summed E-state index contributed by atoms with van der Waals surface area (Å²) in [5, 5.41) is 0. The third kappa shape index (κ3) is 19.7. The highest BCUT2D eigenvalue weighted by atomic mass is 14.7. The van der Waals surface area contributed by atoms with Crippen molar-refractivity contribution in [1.82, 2.24) is 15.0 Å². The third-order valence-electron chi connectivity index (χ3n) is 13.4.